The summed E-state index contributed by atoms with van der Waals surface area (Å²) in [6, 6.07) is 29.8. The monoisotopic (exact) mass is 587 g/mol. The number of nitrogens with zero attached hydrogens (tertiary/aromatic N) is 2. The fourth-order valence-electron chi connectivity index (χ4n) is 3.75. The molecule has 1 amide bonds. The second kappa shape index (κ2) is 11.2. The Labute approximate surface area is 222 Å². The van der Waals surface area contributed by atoms with E-state index >= 15 is 0 Å². The van der Waals surface area contributed by atoms with Crippen molar-refractivity contribution >= 4 is 56.4 Å². The number of benzene rings is 4. The molecule has 0 atom stereocenters. The number of carbonyl (C=O) groups excluding carboxylic acids is 1. The van der Waals surface area contributed by atoms with Crippen LogP contribution in [0.5, 0.6) is 11.5 Å². The summed E-state index contributed by atoms with van der Waals surface area (Å²) < 4.78 is 12.6. The molecule has 0 aliphatic carbocycles. The van der Waals surface area contributed by atoms with Gasteiger partial charge in [0.15, 0.2) is 6.61 Å². The van der Waals surface area contributed by atoms with Crippen molar-refractivity contribution in [3.05, 3.63) is 112 Å². The van der Waals surface area contributed by atoms with Crippen molar-refractivity contribution < 1.29 is 14.3 Å². The van der Waals surface area contributed by atoms with Crippen molar-refractivity contribution in [1.82, 2.24) is 10.4 Å². The van der Waals surface area contributed by atoms with E-state index in [-0.39, 0.29) is 12.5 Å². The molecule has 178 valence electrons. The van der Waals surface area contributed by atoms with Crippen LogP contribution in [0, 0.1) is 3.57 Å². The summed E-state index contributed by atoms with van der Waals surface area (Å²) in [7, 11) is 0. The topological polar surface area (TPSA) is 72.8 Å². The maximum Gasteiger partial charge on any atom is 0.277 e. The number of rotatable bonds is 8. The molecule has 5 aromatic rings. The fraction of sp³-hybridized carbons (Fsp3) is 0.0690. The van der Waals surface area contributed by atoms with Crippen molar-refractivity contribution in [2.75, 3.05) is 6.61 Å². The van der Waals surface area contributed by atoms with Gasteiger partial charge in [0.25, 0.3) is 5.91 Å². The fourth-order valence-corrected chi connectivity index (χ4v) is 4.45. The van der Waals surface area contributed by atoms with Crippen LogP contribution in [0.3, 0.4) is 0 Å². The van der Waals surface area contributed by atoms with Gasteiger partial charge in [0.2, 0.25) is 0 Å². The predicted octanol–water partition coefficient (Wildman–Crippen LogP) is 6.10. The Morgan fingerprint density at radius 2 is 1.69 bits per heavy atom. The number of fused-ring (bicyclic) bond motifs is 2. The van der Waals surface area contributed by atoms with Crippen molar-refractivity contribution in [1.29, 1.82) is 0 Å². The van der Waals surface area contributed by atoms with E-state index in [0.717, 1.165) is 25.8 Å². The molecule has 1 N–H and O–H groups in total. The van der Waals surface area contributed by atoms with Crippen LogP contribution in [-0.2, 0) is 11.4 Å². The van der Waals surface area contributed by atoms with Gasteiger partial charge in [0.05, 0.1) is 9.78 Å². The molecule has 0 unspecified atom stereocenters. The molecule has 7 heteroatoms. The average Bonchev–Trinajstić information content (AvgIpc) is 2.91. The Morgan fingerprint density at radius 1 is 0.861 bits per heavy atom. The lowest BCUT2D eigenvalue weighted by Gasteiger charge is -2.10. The largest absolute Gasteiger partial charge is 0.488 e. The zero-order valence-corrected chi connectivity index (χ0v) is 21.4. The van der Waals surface area contributed by atoms with Gasteiger partial charge in [-0.3, -0.25) is 9.78 Å². The molecule has 6 nitrogen and oxygen atoms in total. The SMILES string of the molecule is O=C(COc1cccc2cccnc12)N/N=C/c1ccc(OCc2ccc3ccccc3c2)c(I)c1. The number of ether oxygens (including phenoxy) is 2. The van der Waals surface area contributed by atoms with E-state index in [0.29, 0.717) is 17.9 Å². The van der Waals surface area contributed by atoms with Crippen LogP contribution in [0.1, 0.15) is 11.1 Å². The Bertz CT molecular complexity index is 1560. The lowest BCUT2D eigenvalue weighted by molar-refractivity contribution is -0.123. The predicted molar refractivity (Wildman–Crippen MR) is 150 cm³/mol. The van der Waals surface area contributed by atoms with Gasteiger partial charge >= 0.3 is 0 Å². The van der Waals surface area contributed by atoms with Crippen LogP contribution in [0.2, 0.25) is 0 Å². The summed E-state index contributed by atoms with van der Waals surface area (Å²) in [5, 5.41) is 7.40. The summed E-state index contributed by atoms with van der Waals surface area (Å²) >= 11 is 2.23. The number of halogens is 1. The van der Waals surface area contributed by atoms with Gasteiger partial charge < -0.3 is 9.47 Å². The Kier molecular flexibility index (Phi) is 7.37. The summed E-state index contributed by atoms with van der Waals surface area (Å²) in [4.78, 5) is 16.5. The molecule has 5 rings (SSSR count). The second-order valence-electron chi connectivity index (χ2n) is 8.07. The van der Waals surface area contributed by atoms with Crippen LogP contribution in [0.25, 0.3) is 21.7 Å². The number of amides is 1. The summed E-state index contributed by atoms with van der Waals surface area (Å²) in [6.45, 7) is 0.322. The van der Waals surface area contributed by atoms with E-state index < -0.39 is 0 Å². The molecule has 36 heavy (non-hydrogen) atoms. The van der Waals surface area contributed by atoms with E-state index in [2.05, 4.69) is 68.4 Å². The Morgan fingerprint density at radius 3 is 2.58 bits per heavy atom. The van der Waals surface area contributed by atoms with Gasteiger partial charge in [-0.05, 0) is 80.9 Å². The van der Waals surface area contributed by atoms with Gasteiger partial charge in [0.1, 0.15) is 23.6 Å². The molecular weight excluding hydrogens is 565 g/mol. The molecule has 0 aliphatic rings. The van der Waals surface area contributed by atoms with E-state index in [4.69, 9.17) is 9.47 Å². The van der Waals surface area contributed by atoms with Crippen LogP contribution < -0.4 is 14.9 Å². The highest BCUT2D eigenvalue weighted by Crippen LogP contribution is 2.24. The standard InChI is InChI=1S/C29H22IN3O3/c30-25-16-20(11-13-26(25)35-18-21-10-12-22-5-1-2-6-24(22)15-21)17-32-33-28(34)19-36-27-9-3-7-23-8-4-14-31-29(23)27/h1-17H,18-19H2,(H,33,34)/b32-17+. The van der Waals surface area contributed by atoms with Crippen LogP contribution in [0.15, 0.2) is 102 Å². The molecule has 0 spiro atoms. The number of hydrazone groups is 1. The molecule has 0 radical (unpaired) electrons. The molecule has 0 saturated heterocycles. The normalized spacial score (nSPS) is 11.1. The van der Waals surface area contributed by atoms with Crippen molar-refractivity contribution in [2.24, 2.45) is 5.10 Å². The van der Waals surface area contributed by atoms with Crippen molar-refractivity contribution in [3.8, 4) is 11.5 Å². The van der Waals surface area contributed by atoms with Gasteiger partial charge in [-0.1, -0.05) is 54.6 Å². The van der Waals surface area contributed by atoms with Crippen LogP contribution in [-0.4, -0.2) is 23.7 Å². The maximum absolute atomic E-state index is 12.2. The van der Waals surface area contributed by atoms with Gasteiger partial charge in [-0.25, -0.2) is 5.43 Å². The first-order chi connectivity index (χ1) is 17.7. The number of pyridine rings is 1. The number of aromatic nitrogens is 1. The first kappa shape index (κ1) is 23.7. The number of nitrogens with one attached hydrogen (secondary N) is 1. The minimum absolute atomic E-state index is 0.161. The van der Waals surface area contributed by atoms with E-state index in [9.17, 15) is 4.79 Å². The Balaban J connectivity index is 1.13. The third kappa shape index (κ3) is 5.80. The molecule has 0 fully saturated rings. The first-order valence-corrected chi connectivity index (χ1v) is 12.4. The third-order valence-corrected chi connectivity index (χ3v) is 6.36. The van der Waals surface area contributed by atoms with Gasteiger partial charge in [0, 0.05) is 11.6 Å². The molecule has 0 aliphatic heterocycles. The first-order valence-electron chi connectivity index (χ1n) is 11.3. The zero-order valence-electron chi connectivity index (χ0n) is 19.2. The molecular formula is C29H22IN3O3. The molecule has 1 aromatic heterocycles. The quantitative estimate of drug-likeness (QED) is 0.135. The number of carbonyl (C=O) groups is 1. The summed E-state index contributed by atoms with van der Waals surface area (Å²) in [5.41, 5.74) is 5.17. The molecule has 4 aromatic carbocycles. The average molecular weight is 587 g/mol. The van der Waals surface area contributed by atoms with Crippen LogP contribution in [0.4, 0.5) is 0 Å². The highest BCUT2D eigenvalue weighted by atomic mass is 127. The summed E-state index contributed by atoms with van der Waals surface area (Å²) in [5.74, 6) is 0.993. The minimum atomic E-state index is -0.357. The summed E-state index contributed by atoms with van der Waals surface area (Å²) in [6.07, 6.45) is 3.29. The second-order valence-corrected chi connectivity index (χ2v) is 9.24. The highest BCUT2D eigenvalue weighted by molar-refractivity contribution is 14.1. The van der Waals surface area contributed by atoms with Crippen molar-refractivity contribution in [2.45, 2.75) is 6.61 Å². The van der Waals surface area contributed by atoms with E-state index in [1.165, 1.54) is 10.8 Å². The van der Waals surface area contributed by atoms with Crippen LogP contribution >= 0.6 is 22.6 Å². The Hall–Kier alpha value is -3.98. The number of hydrogen-bond acceptors (Lipinski definition) is 5. The van der Waals surface area contributed by atoms with E-state index in [1.54, 1.807) is 18.5 Å². The lowest BCUT2D eigenvalue weighted by Crippen LogP contribution is -2.24. The number of hydrogen-bond donors (Lipinski definition) is 1. The zero-order chi connectivity index (χ0) is 24.7. The molecule has 0 bridgehead atoms. The lowest BCUT2D eigenvalue weighted by atomic mass is 10.1. The van der Waals surface area contributed by atoms with Gasteiger partial charge in [-0.15, -0.1) is 0 Å². The molecule has 1 heterocycles. The minimum Gasteiger partial charge on any atom is -0.488 e. The molecule has 0 saturated carbocycles. The third-order valence-electron chi connectivity index (χ3n) is 5.52. The maximum atomic E-state index is 12.2. The van der Waals surface area contributed by atoms with Crippen molar-refractivity contribution in [3.63, 3.8) is 0 Å². The number of para-hydroxylation sites is 1. The van der Waals surface area contributed by atoms with E-state index in [1.807, 2.05) is 54.6 Å². The highest BCUT2D eigenvalue weighted by Gasteiger charge is 2.07. The van der Waals surface area contributed by atoms with Gasteiger partial charge in [-0.2, -0.15) is 5.10 Å². The smallest absolute Gasteiger partial charge is 0.277 e.